The maximum atomic E-state index is 10.7. The number of esters is 1. The lowest BCUT2D eigenvalue weighted by Crippen LogP contribution is -2.21. The van der Waals surface area contributed by atoms with Gasteiger partial charge in [0.1, 0.15) is 0 Å². The van der Waals surface area contributed by atoms with E-state index in [1.807, 2.05) is 0 Å². The molecule has 0 radical (unpaired) electrons. The summed E-state index contributed by atoms with van der Waals surface area (Å²) < 4.78 is 4.49. The normalized spacial score (nSPS) is 12.3. The average molecular weight is 159 g/mol. The third-order valence-corrected chi connectivity index (χ3v) is 1.01. The first kappa shape index (κ1) is 10.1. The van der Waals surface area contributed by atoms with E-state index >= 15 is 0 Å². The fraction of sp³-hybridized carbons (Fsp3) is 0.571. The molecule has 0 fully saturated rings. The minimum absolute atomic E-state index is 0.249. The van der Waals surface area contributed by atoms with Crippen molar-refractivity contribution in [2.45, 2.75) is 19.6 Å². The third kappa shape index (κ3) is 4.52. The summed E-state index contributed by atoms with van der Waals surface area (Å²) in [6.45, 7) is 5.15. The molecule has 0 aromatic rings. The zero-order valence-electron chi connectivity index (χ0n) is 6.54. The quantitative estimate of drug-likeness (QED) is 0.338. The largest absolute Gasteiger partial charge is 0.433 e. The second-order valence-corrected chi connectivity index (χ2v) is 2.22. The van der Waals surface area contributed by atoms with Gasteiger partial charge in [0.25, 0.3) is 0 Å². The monoisotopic (exact) mass is 159 g/mol. The molecule has 4 heteroatoms. The fourth-order valence-corrected chi connectivity index (χ4v) is 0.426. The SMILES string of the molecule is C=C(C)C(=O)OC(O)CCN. The number of carbonyl (C=O) groups excluding carboxylic acids is 1. The highest BCUT2D eigenvalue weighted by atomic mass is 16.6. The Kier molecular flexibility index (Phi) is 4.49. The van der Waals surface area contributed by atoms with E-state index in [-0.39, 0.29) is 18.5 Å². The molecule has 0 spiro atoms. The third-order valence-electron chi connectivity index (χ3n) is 1.01. The first-order chi connectivity index (χ1) is 5.07. The van der Waals surface area contributed by atoms with Gasteiger partial charge in [-0.1, -0.05) is 6.58 Å². The van der Waals surface area contributed by atoms with Crippen molar-refractivity contribution >= 4 is 5.97 Å². The van der Waals surface area contributed by atoms with Crippen LogP contribution < -0.4 is 5.73 Å². The standard InChI is InChI=1S/C7H13NO3/c1-5(2)7(10)11-6(9)3-4-8/h6,9H,1,3-4,8H2,2H3. The molecular formula is C7H13NO3. The van der Waals surface area contributed by atoms with Crippen molar-refractivity contribution in [1.29, 1.82) is 0 Å². The van der Waals surface area contributed by atoms with Crippen LogP contribution in [0.2, 0.25) is 0 Å². The van der Waals surface area contributed by atoms with Crippen LogP contribution in [0, 0.1) is 0 Å². The van der Waals surface area contributed by atoms with Gasteiger partial charge < -0.3 is 15.6 Å². The maximum Gasteiger partial charge on any atom is 0.335 e. The Hall–Kier alpha value is -0.870. The van der Waals surface area contributed by atoms with E-state index in [4.69, 9.17) is 10.8 Å². The van der Waals surface area contributed by atoms with Crippen LogP contribution in [-0.2, 0) is 9.53 Å². The van der Waals surface area contributed by atoms with Gasteiger partial charge >= 0.3 is 5.97 Å². The minimum Gasteiger partial charge on any atom is -0.433 e. The van der Waals surface area contributed by atoms with Crippen molar-refractivity contribution in [3.8, 4) is 0 Å². The summed E-state index contributed by atoms with van der Waals surface area (Å²) in [5, 5.41) is 8.90. The topological polar surface area (TPSA) is 72.5 Å². The predicted octanol–water partition coefficient (Wildman–Crippen LogP) is -0.227. The number of ether oxygens (including phenoxy) is 1. The number of aliphatic hydroxyl groups excluding tert-OH is 1. The van der Waals surface area contributed by atoms with Crippen LogP contribution in [0.25, 0.3) is 0 Å². The molecule has 0 aromatic heterocycles. The summed E-state index contributed by atoms with van der Waals surface area (Å²) in [7, 11) is 0. The molecule has 0 rings (SSSR count). The molecule has 1 unspecified atom stereocenters. The molecular weight excluding hydrogens is 146 g/mol. The van der Waals surface area contributed by atoms with Gasteiger partial charge in [0, 0.05) is 12.0 Å². The summed E-state index contributed by atoms with van der Waals surface area (Å²) in [5.74, 6) is -0.592. The van der Waals surface area contributed by atoms with E-state index < -0.39 is 12.3 Å². The van der Waals surface area contributed by atoms with Crippen molar-refractivity contribution < 1.29 is 14.6 Å². The molecule has 0 bridgehead atoms. The molecule has 11 heavy (non-hydrogen) atoms. The van der Waals surface area contributed by atoms with Crippen LogP contribution in [0.3, 0.4) is 0 Å². The first-order valence-electron chi connectivity index (χ1n) is 3.32. The van der Waals surface area contributed by atoms with Gasteiger partial charge in [0.2, 0.25) is 6.29 Å². The zero-order chi connectivity index (χ0) is 8.85. The summed E-state index contributed by atoms with van der Waals surface area (Å²) in [6.07, 6.45) is -0.858. The van der Waals surface area contributed by atoms with Gasteiger partial charge in [0.15, 0.2) is 0 Å². The number of nitrogens with two attached hydrogens (primary N) is 1. The predicted molar refractivity (Wildman–Crippen MR) is 40.6 cm³/mol. The Morgan fingerprint density at radius 3 is 2.73 bits per heavy atom. The number of rotatable bonds is 4. The average Bonchev–Trinajstić information content (AvgIpc) is 1.87. The molecule has 1 atom stereocenters. The zero-order valence-corrected chi connectivity index (χ0v) is 6.54. The van der Waals surface area contributed by atoms with Crippen molar-refractivity contribution in [1.82, 2.24) is 0 Å². The smallest absolute Gasteiger partial charge is 0.335 e. The van der Waals surface area contributed by atoms with Crippen LogP contribution in [0.15, 0.2) is 12.2 Å². The lowest BCUT2D eigenvalue weighted by atomic mass is 10.3. The van der Waals surface area contributed by atoms with E-state index in [0.29, 0.717) is 0 Å². The molecule has 64 valence electrons. The summed E-state index contributed by atoms with van der Waals surface area (Å²) in [6, 6.07) is 0. The highest BCUT2D eigenvalue weighted by molar-refractivity contribution is 5.86. The molecule has 0 aromatic carbocycles. The molecule has 0 saturated carbocycles. The lowest BCUT2D eigenvalue weighted by molar-refractivity contribution is -0.163. The van der Waals surface area contributed by atoms with Crippen molar-refractivity contribution in [2.75, 3.05) is 6.54 Å². The molecule has 0 aliphatic heterocycles. The highest BCUT2D eigenvalue weighted by Gasteiger charge is 2.09. The van der Waals surface area contributed by atoms with Crippen LogP contribution in [0.4, 0.5) is 0 Å². The van der Waals surface area contributed by atoms with Gasteiger partial charge in [-0.25, -0.2) is 4.79 Å². The van der Waals surface area contributed by atoms with Crippen molar-refractivity contribution in [3.05, 3.63) is 12.2 Å². The number of carbonyl (C=O) groups is 1. The van der Waals surface area contributed by atoms with Gasteiger partial charge in [0.05, 0.1) is 0 Å². The van der Waals surface area contributed by atoms with Crippen LogP contribution in [0.5, 0.6) is 0 Å². The number of hydrogen-bond donors (Lipinski definition) is 2. The second kappa shape index (κ2) is 4.87. The van der Waals surface area contributed by atoms with Crippen molar-refractivity contribution in [2.24, 2.45) is 5.73 Å². The molecule has 3 N–H and O–H groups in total. The molecule has 0 aliphatic carbocycles. The fourth-order valence-electron chi connectivity index (χ4n) is 0.426. The Morgan fingerprint density at radius 1 is 1.82 bits per heavy atom. The van der Waals surface area contributed by atoms with E-state index in [0.717, 1.165) is 0 Å². The Labute approximate surface area is 65.6 Å². The van der Waals surface area contributed by atoms with Crippen molar-refractivity contribution in [3.63, 3.8) is 0 Å². The summed E-state index contributed by atoms with van der Waals surface area (Å²) in [5.41, 5.74) is 5.37. The Morgan fingerprint density at radius 2 is 2.36 bits per heavy atom. The van der Waals surface area contributed by atoms with Crippen LogP contribution >= 0.6 is 0 Å². The first-order valence-corrected chi connectivity index (χ1v) is 3.32. The van der Waals surface area contributed by atoms with E-state index in [1.54, 1.807) is 0 Å². The molecule has 0 amide bonds. The second-order valence-electron chi connectivity index (χ2n) is 2.22. The van der Waals surface area contributed by atoms with Crippen LogP contribution in [-0.4, -0.2) is 23.9 Å². The van der Waals surface area contributed by atoms with E-state index in [9.17, 15) is 4.79 Å². The molecule has 4 nitrogen and oxygen atoms in total. The number of aliphatic hydroxyl groups is 1. The van der Waals surface area contributed by atoms with Gasteiger partial charge in [-0.2, -0.15) is 0 Å². The summed E-state index contributed by atoms with van der Waals surface area (Å²) >= 11 is 0. The molecule has 0 saturated heterocycles. The Bertz CT molecular complexity index is 156. The maximum absolute atomic E-state index is 10.7. The molecule has 0 heterocycles. The van der Waals surface area contributed by atoms with E-state index in [1.165, 1.54) is 6.92 Å². The van der Waals surface area contributed by atoms with Gasteiger partial charge in [-0.15, -0.1) is 0 Å². The molecule has 0 aliphatic rings. The Balaban J connectivity index is 3.66. The minimum atomic E-state index is -1.11. The van der Waals surface area contributed by atoms with Crippen LogP contribution in [0.1, 0.15) is 13.3 Å². The lowest BCUT2D eigenvalue weighted by Gasteiger charge is -2.09. The summed E-state index contributed by atoms with van der Waals surface area (Å²) in [4.78, 5) is 10.7. The van der Waals surface area contributed by atoms with Gasteiger partial charge in [-0.3, -0.25) is 0 Å². The van der Waals surface area contributed by atoms with Gasteiger partial charge in [-0.05, 0) is 13.5 Å². The van der Waals surface area contributed by atoms with E-state index in [2.05, 4.69) is 11.3 Å². The highest BCUT2D eigenvalue weighted by Crippen LogP contribution is 1.98. The number of hydrogen-bond acceptors (Lipinski definition) is 4.